The third kappa shape index (κ3) is 4.63. The van der Waals surface area contributed by atoms with Gasteiger partial charge in [0, 0.05) is 6.21 Å². The van der Waals surface area contributed by atoms with Crippen LogP contribution in [0.3, 0.4) is 0 Å². The highest BCUT2D eigenvalue weighted by Gasteiger charge is 2.10. The average Bonchev–Trinajstić information content (AvgIpc) is 2.55. The summed E-state index contributed by atoms with van der Waals surface area (Å²) in [5.41, 5.74) is 4.00. The number of quaternary nitrogens is 1. The Balaban J connectivity index is 2.08. The van der Waals surface area contributed by atoms with E-state index in [2.05, 4.69) is 50.4 Å². The molecule has 0 radical (unpaired) electrons. The van der Waals surface area contributed by atoms with Crippen molar-refractivity contribution in [1.29, 1.82) is 0 Å². The molecule has 0 bridgehead atoms. The highest BCUT2D eigenvalue weighted by Crippen LogP contribution is 2.20. The van der Waals surface area contributed by atoms with Gasteiger partial charge < -0.3 is 0 Å². The fourth-order valence-electron chi connectivity index (χ4n) is 2.10. The van der Waals surface area contributed by atoms with Crippen LogP contribution >= 0.6 is 0 Å². The fraction of sp³-hybridized carbons (Fsp3) is 0.278. The summed E-state index contributed by atoms with van der Waals surface area (Å²) in [6, 6.07) is 16.0. The number of hydrogen-bond acceptors (Lipinski definition) is 4. The van der Waals surface area contributed by atoms with E-state index in [1.54, 1.807) is 14.2 Å². The number of aliphatic imine (C=N–C) groups is 1. The van der Waals surface area contributed by atoms with E-state index < -0.39 is 0 Å². The van der Waals surface area contributed by atoms with Crippen molar-refractivity contribution in [3.63, 3.8) is 0 Å². The van der Waals surface area contributed by atoms with Crippen LogP contribution in [0.5, 0.6) is 0 Å². The van der Waals surface area contributed by atoms with Crippen LogP contribution in [0.4, 0.5) is 17.1 Å². The zero-order valence-corrected chi connectivity index (χ0v) is 14.4. The Morgan fingerprint density at radius 1 is 0.870 bits per heavy atom. The summed E-state index contributed by atoms with van der Waals surface area (Å²) in [5, 5.41) is 1.33. The van der Waals surface area contributed by atoms with Gasteiger partial charge in [0.05, 0.1) is 46.7 Å². The molecule has 0 aliphatic carbocycles. The van der Waals surface area contributed by atoms with Gasteiger partial charge in [-0.25, -0.2) is 0 Å². The Morgan fingerprint density at radius 3 is 1.91 bits per heavy atom. The maximum absolute atomic E-state index is 5.06. The second-order valence-electron chi connectivity index (χ2n) is 6.00. The first-order valence-electron chi connectivity index (χ1n) is 7.38. The Bertz CT molecular complexity index is 639. The van der Waals surface area contributed by atoms with Gasteiger partial charge in [-0.15, -0.1) is 5.23 Å². The van der Waals surface area contributed by atoms with Crippen LogP contribution in [0, 0.1) is 0 Å². The molecule has 5 heteroatoms. The van der Waals surface area contributed by atoms with Crippen molar-refractivity contribution >= 4 is 23.3 Å². The highest BCUT2D eigenvalue weighted by atomic mass is 16.9. The van der Waals surface area contributed by atoms with E-state index in [1.807, 2.05) is 30.5 Å². The number of rotatable bonds is 6. The molecule has 122 valence electrons. The zero-order valence-electron chi connectivity index (χ0n) is 14.4. The summed E-state index contributed by atoms with van der Waals surface area (Å²) in [7, 11) is 9.54. The van der Waals surface area contributed by atoms with Crippen LogP contribution < -0.4 is 9.71 Å². The molecule has 5 nitrogen and oxygen atoms in total. The first-order chi connectivity index (χ1) is 10.9. The van der Waals surface area contributed by atoms with Crippen molar-refractivity contribution in [1.82, 2.24) is 4.48 Å². The van der Waals surface area contributed by atoms with E-state index in [0.29, 0.717) is 0 Å². The van der Waals surface area contributed by atoms with E-state index in [0.717, 1.165) is 21.4 Å². The first kappa shape index (κ1) is 17.1. The summed E-state index contributed by atoms with van der Waals surface area (Å²) in [5.74, 6) is 0. The minimum absolute atomic E-state index is 0.800. The van der Waals surface area contributed by atoms with Crippen molar-refractivity contribution in [3.05, 3.63) is 54.1 Å². The van der Waals surface area contributed by atoms with Crippen molar-refractivity contribution < 1.29 is 9.68 Å². The molecule has 23 heavy (non-hydrogen) atoms. The smallest absolute Gasteiger partial charge is 0.132 e. The predicted molar refractivity (Wildman–Crippen MR) is 96.2 cm³/mol. The van der Waals surface area contributed by atoms with Gasteiger partial charge in [0.2, 0.25) is 0 Å². The molecule has 0 atom stereocenters. The zero-order chi connectivity index (χ0) is 16.9. The van der Waals surface area contributed by atoms with E-state index in [4.69, 9.17) is 9.68 Å². The molecule has 0 aliphatic rings. The molecular weight excluding hydrogens is 290 g/mol. The van der Waals surface area contributed by atoms with Gasteiger partial charge in [-0.2, -0.15) is 0 Å². The number of benzene rings is 2. The van der Waals surface area contributed by atoms with Gasteiger partial charge in [-0.1, -0.05) is 0 Å². The van der Waals surface area contributed by atoms with E-state index >= 15 is 0 Å². The normalized spacial score (nSPS) is 11.9. The third-order valence-electron chi connectivity index (χ3n) is 3.42. The van der Waals surface area contributed by atoms with Crippen molar-refractivity contribution in [2.24, 2.45) is 4.99 Å². The van der Waals surface area contributed by atoms with Crippen LogP contribution in [0.15, 0.2) is 53.5 Å². The molecule has 0 heterocycles. The Hall–Kier alpha value is -2.21. The number of anilines is 1. The van der Waals surface area contributed by atoms with Crippen molar-refractivity contribution in [3.8, 4) is 0 Å². The summed E-state index contributed by atoms with van der Waals surface area (Å²) in [6.45, 7) is 0. The molecule has 2 rings (SSSR count). The SMILES string of the molecule is CON(OC)c1ccc(N=Cc2ccc([N+](C)(C)C)cc2)cc1. The molecule has 0 fully saturated rings. The largest absolute Gasteiger partial charge is 0.298 e. The van der Waals surface area contributed by atoms with Gasteiger partial charge in [0.25, 0.3) is 0 Å². The fourth-order valence-corrected chi connectivity index (χ4v) is 2.10. The molecule has 0 amide bonds. The minimum Gasteiger partial charge on any atom is -0.298 e. The van der Waals surface area contributed by atoms with Crippen molar-refractivity contribution in [2.75, 3.05) is 40.6 Å². The summed E-state index contributed by atoms with van der Waals surface area (Å²) < 4.78 is 0.800. The van der Waals surface area contributed by atoms with Gasteiger partial charge in [0.1, 0.15) is 5.69 Å². The maximum Gasteiger partial charge on any atom is 0.132 e. The summed E-state index contributed by atoms with van der Waals surface area (Å²) >= 11 is 0. The van der Waals surface area contributed by atoms with Crippen LogP contribution in [0.1, 0.15) is 5.56 Å². The van der Waals surface area contributed by atoms with Crippen LogP contribution in [0.2, 0.25) is 0 Å². The molecule has 0 unspecified atom stereocenters. The molecule has 0 N–H and O–H groups in total. The molecule has 2 aromatic rings. The number of hydrogen-bond donors (Lipinski definition) is 0. The Labute approximate surface area is 137 Å². The highest BCUT2D eigenvalue weighted by molar-refractivity contribution is 5.82. The second kappa shape index (κ2) is 7.37. The van der Waals surface area contributed by atoms with Gasteiger partial charge in [-0.3, -0.25) is 19.2 Å². The standard InChI is InChI=1S/C18H24N3O2/c1-21(2,3)18-12-6-15(7-13-18)14-19-16-8-10-17(11-9-16)20(22-4)23-5/h6-14H,1-5H3/q+1. The maximum atomic E-state index is 5.06. The summed E-state index contributed by atoms with van der Waals surface area (Å²) in [4.78, 5) is 14.6. The molecule has 2 aromatic carbocycles. The molecular formula is C18H24N3O2+. The topological polar surface area (TPSA) is 34.1 Å². The monoisotopic (exact) mass is 314 g/mol. The van der Waals surface area contributed by atoms with Crippen LogP contribution in [-0.4, -0.2) is 41.6 Å². The molecule has 0 aliphatic heterocycles. The third-order valence-corrected chi connectivity index (χ3v) is 3.42. The summed E-state index contributed by atoms with van der Waals surface area (Å²) in [6.07, 6.45) is 1.86. The minimum atomic E-state index is 0.800. The lowest BCUT2D eigenvalue weighted by molar-refractivity contribution is -0.0433. The van der Waals surface area contributed by atoms with Crippen LogP contribution in [-0.2, 0) is 9.68 Å². The van der Waals surface area contributed by atoms with Gasteiger partial charge in [-0.05, 0) is 54.1 Å². The van der Waals surface area contributed by atoms with Crippen molar-refractivity contribution in [2.45, 2.75) is 0 Å². The van der Waals surface area contributed by atoms with Gasteiger partial charge in [0.15, 0.2) is 0 Å². The van der Waals surface area contributed by atoms with E-state index in [-0.39, 0.29) is 0 Å². The lowest BCUT2D eigenvalue weighted by Crippen LogP contribution is -2.34. The Kier molecular flexibility index (Phi) is 5.50. The molecule has 0 saturated carbocycles. The second-order valence-corrected chi connectivity index (χ2v) is 6.00. The molecule has 0 aromatic heterocycles. The average molecular weight is 314 g/mol. The first-order valence-corrected chi connectivity index (χ1v) is 7.38. The lowest BCUT2D eigenvalue weighted by atomic mass is 10.2. The van der Waals surface area contributed by atoms with E-state index in [9.17, 15) is 0 Å². The Morgan fingerprint density at radius 2 is 1.43 bits per heavy atom. The molecule has 0 spiro atoms. The lowest BCUT2D eigenvalue weighted by Gasteiger charge is -2.23. The predicted octanol–water partition coefficient (Wildman–Crippen LogP) is 3.56. The molecule has 0 saturated heterocycles. The van der Waals surface area contributed by atoms with Crippen LogP contribution in [0.25, 0.3) is 0 Å². The van der Waals surface area contributed by atoms with Gasteiger partial charge >= 0.3 is 0 Å². The quantitative estimate of drug-likeness (QED) is 0.464. The number of nitrogens with zero attached hydrogens (tertiary/aromatic N) is 3. The van der Waals surface area contributed by atoms with E-state index in [1.165, 1.54) is 10.9 Å².